The number of piperidine rings is 1. The van der Waals surface area contributed by atoms with E-state index >= 15 is 0 Å². The molecule has 0 bridgehead atoms. The molecule has 1 heterocycles. The van der Waals surface area contributed by atoms with E-state index in [-0.39, 0.29) is 0 Å². The summed E-state index contributed by atoms with van der Waals surface area (Å²) >= 11 is 0. The molecule has 20 heavy (non-hydrogen) atoms. The van der Waals surface area contributed by atoms with E-state index in [1.54, 1.807) is 0 Å². The van der Waals surface area contributed by atoms with E-state index < -0.39 is 0 Å². The van der Waals surface area contributed by atoms with Crippen LogP contribution in [0.25, 0.3) is 0 Å². The number of nitrogens with zero attached hydrogens (tertiary/aromatic N) is 2. The first-order valence-electron chi connectivity index (χ1n) is 7.32. The second-order valence-electron chi connectivity index (χ2n) is 5.33. The standard InChI is InChI=1S/C16H23N3O/c1-13-3-4-16(14(11-13)12-18)19-8-5-15(6-9-19)20-10-2-7-17/h3-4,11,15H,2,5-10,17H2,1H3. The first kappa shape index (κ1) is 14.8. The highest BCUT2D eigenvalue weighted by atomic mass is 16.5. The molecule has 2 N–H and O–H groups in total. The maximum Gasteiger partial charge on any atom is 0.101 e. The fourth-order valence-corrected chi connectivity index (χ4v) is 2.61. The van der Waals surface area contributed by atoms with Gasteiger partial charge in [0, 0.05) is 19.7 Å². The summed E-state index contributed by atoms with van der Waals surface area (Å²) in [6, 6.07) is 8.39. The molecule has 4 heteroatoms. The Hall–Kier alpha value is -1.57. The molecule has 0 amide bonds. The third-order valence-electron chi connectivity index (χ3n) is 3.76. The van der Waals surface area contributed by atoms with Gasteiger partial charge < -0.3 is 15.4 Å². The maximum absolute atomic E-state index is 9.26. The molecule has 1 aromatic rings. The first-order valence-corrected chi connectivity index (χ1v) is 7.32. The Labute approximate surface area is 121 Å². The molecule has 108 valence electrons. The van der Waals surface area contributed by atoms with Crippen molar-refractivity contribution in [2.45, 2.75) is 32.3 Å². The maximum atomic E-state index is 9.26. The molecule has 0 spiro atoms. The highest BCUT2D eigenvalue weighted by Gasteiger charge is 2.21. The molecule has 1 aliphatic rings. The fraction of sp³-hybridized carbons (Fsp3) is 0.562. The van der Waals surface area contributed by atoms with Crippen LogP contribution in [-0.4, -0.2) is 32.3 Å². The molecular formula is C16H23N3O. The van der Waals surface area contributed by atoms with E-state index in [0.717, 1.165) is 55.8 Å². The number of benzene rings is 1. The lowest BCUT2D eigenvalue weighted by atomic mass is 10.0. The predicted molar refractivity (Wildman–Crippen MR) is 80.8 cm³/mol. The largest absolute Gasteiger partial charge is 0.378 e. The lowest BCUT2D eigenvalue weighted by Gasteiger charge is -2.34. The van der Waals surface area contributed by atoms with E-state index in [1.165, 1.54) is 0 Å². The molecule has 0 aromatic heterocycles. The number of aryl methyl sites for hydroxylation is 1. The van der Waals surface area contributed by atoms with Gasteiger partial charge in [-0.15, -0.1) is 0 Å². The summed E-state index contributed by atoms with van der Waals surface area (Å²) in [7, 11) is 0. The lowest BCUT2D eigenvalue weighted by molar-refractivity contribution is 0.0366. The third-order valence-corrected chi connectivity index (χ3v) is 3.76. The molecule has 0 radical (unpaired) electrons. The van der Waals surface area contributed by atoms with Gasteiger partial charge in [0.25, 0.3) is 0 Å². The molecule has 1 fully saturated rings. The Kier molecular flexibility index (Phi) is 5.40. The Morgan fingerprint density at radius 2 is 2.15 bits per heavy atom. The molecule has 1 aromatic carbocycles. The molecule has 0 saturated carbocycles. The van der Waals surface area contributed by atoms with Crippen molar-refractivity contribution in [1.82, 2.24) is 0 Å². The van der Waals surface area contributed by atoms with Gasteiger partial charge in [0.2, 0.25) is 0 Å². The van der Waals surface area contributed by atoms with Crippen LogP contribution in [0.1, 0.15) is 30.4 Å². The normalized spacial score (nSPS) is 16.1. The van der Waals surface area contributed by atoms with Crippen molar-refractivity contribution in [1.29, 1.82) is 5.26 Å². The van der Waals surface area contributed by atoms with E-state index in [0.29, 0.717) is 12.6 Å². The van der Waals surface area contributed by atoms with Crippen molar-refractivity contribution in [3.05, 3.63) is 29.3 Å². The number of nitriles is 1. The van der Waals surface area contributed by atoms with Gasteiger partial charge in [0.05, 0.1) is 17.4 Å². The highest BCUT2D eigenvalue weighted by Crippen LogP contribution is 2.25. The third kappa shape index (κ3) is 3.72. The summed E-state index contributed by atoms with van der Waals surface area (Å²) in [5, 5.41) is 9.26. The van der Waals surface area contributed by atoms with Gasteiger partial charge in [-0.3, -0.25) is 0 Å². The van der Waals surface area contributed by atoms with E-state index in [4.69, 9.17) is 10.5 Å². The lowest BCUT2D eigenvalue weighted by Crippen LogP contribution is -2.37. The van der Waals surface area contributed by atoms with Crippen LogP contribution in [0.4, 0.5) is 5.69 Å². The average Bonchev–Trinajstić information content (AvgIpc) is 2.48. The number of nitrogens with two attached hydrogens (primary N) is 1. The van der Waals surface area contributed by atoms with Crippen LogP contribution in [-0.2, 0) is 4.74 Å². The van der Waals surface area contributed by atoms with Crippen LogP contribution < -0.4 is 10.6 Å². The number of hydrogen-bond acceptors (Lipinski definition) is 4. The van der Waals surface area contributed by atoms with Crippen LogP contribution in [0, 0.1) is 18.3 Å². The minimum Gasteiger partial charge on any atom is -0.378 e. The SMILES string of the molecule is Cc1ccc(N2CCC(OCCCN)CC2)c(C#N)c1. The molecular weight excluding hydrogens is 250 g/mol. The van der Waals surface area contributed by atoms with Crippen LogP contribution in [0.15, 0.2) is 18.2 Å². The van der Waals surface area contributed by atoms with Gasteiger partial charge in [-0.25, -0.2) is 0 Å². The Balaban J connectivity index is 1.92. The molecule has 2 rings (SSSR count). The van der Waals surface area contributed by atoms with Crippen LogP contribution in [0.5, 0.6) is 0 Å². The Morgan fingerprint density at radius 1 is 1.40 bits per heavy atom. The molecule has 0 atom stereocenters. The van der Waals surface area contributed by atoms with E-state index in [9.17, 15) is 5.26 Å². The Bertz CT molecular complexity index is 473. The summed E-state index contributed by atoms with van der Waals surface area (Å²) < 4.78 is 5.81. The monoisotopic (exact) mass is 273 g/mol. The molecule has 4 nitrogen and oxygen atoms in total. The average molecular weight is 273 g/mol. The smallest absolute Gasteiger partial charge is 0.101 e. The summed E-state index contributed by atoms with van der Waals surface area (Å²) in [5.41, 5.74) is 8.42. The molecule has 1 aliphatic heterocycles. The van der Waals surface area contributed by atoms with E-state index in [2.05, 4.69) is 23.1 Å². The minimum atomic E-state index is 0.341. The van der Waals surface area contributed by atoms with Crippen molar-refractivity contribution < 1.29 is 4.74 Å². The minimum absolute atomic E-state index is 0.341. The summed E-state index contributed by atoms with van der Waals surface area (Å²) in [6.07, 6.45) is 3.30. The zero-order chi connectivity index (χ0) is 14.4. The number of anilines is 1. The van der Waals surface area contributed by atoms with Crippen molar-refractivity contribution in [2.24, 2.45) is 5.73 Å². The molecule has 1 saturated heterocycles. The summed E-state index contributed by atoms with van der Waals surface area (Å²) in [5.74, 6) is 0. The Morgan fingerprint density at radius 3 is 2.80 bits per heavy atom. The topological polar surface area (TPSA) is 62.3 Å². The van der Waals surface area contributed by atoms with Gasteiger partial charge >= 0.3 is 0 Å². The highest BCUT2D eigenvalue weighted by molar-refractivity contribution is 5.60. The first-order chi connectivity index (χ1) is 9.74. The van der Waals surface area contributed by atoms with Crippen molar-refractivity contribution in [3.63, 3.8) is 0 Å². The van der Waals surface area contributed by atoms with Crippen LogP contribution >= 0.6 is 0 Å². The van der Waals surface area contributed by atoms with Crippen LogP contribution in [0.2, 0.25) is 0 Å². The van der Waals surface area contributed by atoms with Gasteiger partial charge in [-0.2, -0.15) is 5.26 Å². The van der Waals surface area contributed by atoms with E-state index in [1.807, 2.05) is 13.0 Å². The van der Waals surface area contributed by atoms with Gasteiger partial charge in [0.15, 0.2) is 0 Å². The van der Waals surface area contributed by atoms with Gasteiger partial charge in [-0.1, -0.05) is 6.07 Å². The van der Waals surface area contributed by atoms with Crippen molar-refractivity contribution in [2.75, 3.05) is 31.1 Å². The van der Waals surface area contributed by atoms with Gasteiger partial charge in [-0.05, 0) is 50.4 Å². The molecule has 0 unspecified atom stereocenters. The quantitative estimate of drug-likeness (QED) is 0.835. The van der Waals surface area contributed by atoms with Crippen molar-refractivity contribution >= 4 is 5.69 Å². The predicted octanol–water partition coefficient (Wildman–Crippen LogP) is 2.20. The number of rotatable bonds is 5. The number of ether oxygens (including phenoxy) is 1. The number of hydrogen-bond donors (Lipinski definition) is 1. The zero-order valence-electron chi connectivity index (χ0n) is 12.1. The summed E-state index contributed by atoms with van der Waals surface area (Å²) in [6.45, 7) is 5.36. The van der Waals surface area contributed by atoms with Crippen molar-refractivity contribution in [3.8, 4) is 6.07 Å². The van der Waals surface area contributed by atoms with Gasteiger partial charge in [0.1, 0.15) is 6.07 Å². The zero-order valence-corrected chi connectivity index (χ0v) is 12.1. The summed E-state index contributed by atoms with van der Waals surface area (Å²) in [4.78, 5) is 2.29. The molecule has 0 aliphatic carbocycles. The second-order valence-corrected chi connectivity index (χ2v) is 5.33. The second kappa shape index (κ2) is 7.28. The van der Waals surface area contributed by atoms with Crippen LogP contribution in [0.3, 0.4) is 0 Å². The fourth-order valence-electron chi connectivity index (χ4n) is 2.61.